The Morgan fingerprint density at radius 2 is 1.73 bits per heavy atom. The molecule has 0 aromatic heterocycles. The largest absolute Gasteiger partial charge is 0.497 e. The van der Waals surface area contributed by atoms with Gasteiger partial charge in [-0.2, -0.15) is 0 Å². The molecule has 0 unspecified atom stereocenters. The normalized spacial score (nSPS) is 11.0. The predicted molar refractivity (Wildman–Crippen MR) is 119 cm³/mol. The first-order valence-electron chi connectivity index (χ1n) is 9.44. The summed E-state index contributed by atoms with van der Waals surface area (Å²) in [5.41, 5.74) is 7.62. The number of nitrogens with one attached hydrogen (secondary N) is 3. The van der Waals surface area contributed by atoms with E-state index in [-0.39, 0.29) is 22.9 Å². The van der Waals surface area contributed by atoms with Crippen LogP contribution in [0.3, 0.4) is 0 Å². The summed E-state index contributed by atoms with van der Waals surface area (Å²) in [6.07, 6.45) is 0.687. The van der Waals surface area contributed by atoms with Crippen molar-refractivity contribution >= 4 is 28.8 Å². The molecule has 2 aromatic carbocycles. The second-order valence-corrected chi connectivity index (χ2v) is 7.35. The fourth-order valence-corrected chi connectivity index (χ4v) is 2.67. The summed E-state index contributed by atoms with van der Waals surface area (Å²) in [7, 11) is 3.08. The minimum Gasteiger partial charge on any atom is -0.497 e. The maximum atomic E-state index is 14.3. The van der Waals surface area contributed by atoms with Crippen LogP contribution in [0.1, 0.15) is 25.8 Å². The number of nitrogens with two attached hydrogens (primary N) is 1. The summed E-state index contributed by atoms with van der Waals surface area (Å²) < 4.78 is 24.7. The van der Waals surface area contributed by atoms with Crippen molar-refractivity contribution in [3.05, 3.63) is 54.4 Å². The van der Waals surface area contributed by atoms with Crippen LogP contribution in [0.15, 0.2) is 43.0 Å². The number of carbonyl (C=O) groups excluding carboxylic acids is 1. The highest BCUT2D eigenvalue weighted by molar-refractivity contribution is 5.89. The SMILES string of the molecule is C=C(Nc1ccc(NC(=O)NCCC(C)(C)OC)cc1)c1c(N)cc(OC)cc1F. The molecular weight excluding hydrogens is 387 g/mol. The third-order valence-corrected chi connectivity index (χ3v) is 4.63. The molecule has 7 nitrogen and oxygen atoms in total. The number of rotatable bonds is 9. The molecule has 0 bridgehead atoms. The summed E-state index contributed by atoms with van der Waals surface area (Å²) in [5.74, 6) is -0.197. The van der Waals surface area contributed by atoms with Gasteiger partial charge in [0.2, 0.25) is 0 Å². The Balaban J connectivity index is 1.93. The Bertz CT molecular complexity index is 875. The Morgan fingerprint density at radius 3 is 2.27 bits per heavy atom. The number of benzene rings is 2. The van der Waals surface area contributed by atoms with Crippen LogP contribution in [-0.2, 0) is 4.74 Å². The molecule has 2 aromatic rings. The van der Waals surface area contributed by atoms with Crippen molar-refractivity contribution < 1.29 is 18.7 Å². The number of anilines is 3. The van der Waals surface area contributed by atoms with Crippen molar-refractivity contribution in [1.82, 2.24) is 5.32 Å². The quantitative estimate of drug-likeness (QED) is 0.453. The van der Waals surface area contributed by atoms with Crippen LogP contribution in [0.25, 0.3) is 5.70 Å². The summed E-state index contributed by atoms with van der Waals surface area (Å²) in [5, 5.41) is 8.56. The van der Waals surface area contributed by atoms with Crippen molar-refractivity contribution in [1.29, 1.82) is 0 Å². The molecule has 162 valence electrons. The lowest BCUT2D eigenvalue weighted by molar-refractivity contribution is 0.0165. The molecule has 2 rings (SSSR count). The van der Waals surface area contributed by atoms with Crippen LogP contribution in [0, 0.1) is 5.82 Å². The zero-order valence-electron chi connectivity index (χ0n) is 17.8. The number of nitrogen functional groups attached to an aromatic ring is 1. The maximum Gasteiger partial charge on any atom is 0.319 e. The van der Waals surface area contributed by atoms with Crippen LogP contribution in [0.5, 0.6) is 5.75 Å². The third-order valence-electron chi connectivity index (χ3n) is 4.63. The number of ether oxygens (including phenoxy) is 2. The van der Waals surface area contributed by atoms with Crippen LogP contribution in [0.4, 0.5) is 26.2 Å². The molecule has 8 heteroatoms. The van der Waals surface area contributed by atoms with Crippen molar-refractivity contribution in [3.63, 3.8) is 0 Å². The van der Waals surface area contributed by atoms with Gasteiger partial charge in [-0.1, -0.05) is 6.58 Å². The molecule has 2 amide bonds. The molecule has 0 radical (unpaired) electrons. The Kier molecular flexibility index (Phi) is 7.66. The van der Waals surface area contributed by atoms with E-state index < -0.39 is 5.82 Å². The summed E-state index contributed by atoms with van der Waals surface area (Å²) in [4.78, 5) is 12.0. The van der Waals surface area contributed by atoms with E-state index in [4.69, 9.17) is 15.2 Å². The molecule has 0 fully saturated rings. The first-order chi connectivity index (χ1) is 14.1. The lowest BCUT2D eigenvalue weighted by Gasteiger charge is -2.22. The average Bonchev–Trinajstić information content (AvgIpc) is 2.68. The highest BCUT2D eigenvalue weighted by atomic mass is 19.1. The van der Waals surface area contributed by atoms with E-state index in [2.05, 4.69) is 22.5 Å². The topological polar surface area (TPSA) is 97.6 Å². The van der Waals surface area contributed by atoms with Gasteiger partial charge in [-0.15, -0.1) is 0 Å². The Hall–Kier alpha value is -3.26. The van der Waals surface area contributed by atoms with Gasteiger partial charge in [0.1, 0.15) is 11.6 Å². The number of hydrogen-bond acceptors (Lipinski definition) is 5. The third kappa shape index (κ3) is 6.38. The predicted octanol–water partition coefficient (Wildman–Crippen LogP) is 4.44. The van der Waals surface area contributed by atoms with Crippen molar-refractivity contribution in [2.24, 2.45) is 0 Å². The van der Waals surface area contributed by atoms with Crippen LogP contribution in [-0.4, -0.2) is 32.4 Å². The second-order valence-electron chi connectivity index (χ2n) is 7.35. The summed E-state index contributed by atoms with van der Waals surface area (Å²) >= 11 is 0. The number of carbonyl (C=O) groups is 1. The first kappa shape index (κ1) is 23.0. The maximum absolute atomic E-state index is 14.3. The van der Waals surface area contributed by atoms with Gasteiger partial charge < -0.3 is 31.2 Å². The molecule has 0 spiro atoms. The van der Waals surface area contributed by atoms with E-state index in [1.807, 2.05) is 13.8 Å². The lowest BCUT2D eigenvalue weighted by atomic mass is 10.1. The van der Waals surface area contributed by atoms with E-state index in [1.165, 1.54) is 19.2 Å². The zero-order chi connectivity index (χ0) is 22.3. The minimum absolute atomic E-state index is 0.177. The fraction of sp³-hybridized carbons (Fsp3) is 0.318. The second kappa shape index (κ2) is 9.98. The van der Waals surface area contributed by atoms with Gasteiger partial charge in [0, 0.05) is 48.5 Å². The van der Waals surface area contributed by atoms with Crippen molar-refractivity contribution in [2.75, 3.05) is 37.1 Å². The molecular formula is C22H29FN4O3. The lowest BCUT2D eigenvalue weighted by Crippen LogP contribution is -2.34. The van der Waals surface area contributed by atoms with Crippen LogP contribution < -0.4 is 26.4 Å². The molecule has 0 aliphatic carbocycles. The number of methoxy groups -OCH3 is 2. The summed E-state index contributed by atoms with van der Waals surface area (Å²) in [6, 6.07) is 9.41. The standard InChI is InChI=1S/C22H29FN4O3/c1-14(20-18(23)12-17(29-4)13-19(20)24)26-15-6-8-16(9-7-15)27-21(28)25-11-10-22(2,3)30-5/h6-9,12-13,26H,1,10-11,24H2,2-5H3,(H2,25,27,28). The molecule has 0 atom stereocenters. The van der Waals surface area contributed by atoms with E-state index in [0.29, 0.717) is 35.8 Å². The average molecular weight is 416 g/mol. The Labute approximate surface area is 176 Å². The molecule has 5 N–H and O–H groups in total. The first-order valence-corrected chi connectivity index (χ1v) is 9.44. The van der Waals surface area contributed by atoms with E-state index in [9.17, 15) is 9.18 Å². The van der Waals surface area contributed by atoms with Crippen LogP contribution >= 0.6 is 0 Å². The monoisotopic (exact) mass is 416 g/mol. The fourth-order valence-electron chi connectivity index (χ4n) is 2.67. The van der Waals surface area contributed by atoms with E-state index in [1.54, 1.807) is 31.4 Å². The van der Waals surface area contributed by atoms with E-state index in [0.717, 1.165) is 0 Å². The number of hydrogen-bond donors (Lipinski definition) is 4. The number of halogens is 1. The minimum atomic E-state index is -0.532. The molecule has 0 saturated carbocycles. The Morgan fingerprint density at radius 1 is 1.13 bits per heavy atom. The smallest absolute Gasteiger partial charge is 0.319 e. The molecule has 30 heavy (non-hydrogen) atoms. The van der Waals surface area contributed by atoms with Gasteiger partial charge in [-0.05, 0) is 44.5 Å². The van der Waals surface area contributed by atoms with Gasteiger partial charge in [-0.3, -0.25) is 0 Å². The van der Waals surface area contributed by atoms with Crippen molar-refractivity contribution in [3.8, 4) is 5.75 Å². The van der Waals surface area contributed by atoms with Gasteiger partial charge >= 0.3 is 6.03 Å². The molecule has 0 aliphatic rings. The molecule has 0 heterocycles. The number of urea groups is 1. The summed E-state index contributed by atoms with van der Waals surface area (Å²) in [6.45, 7) is 8.27. The number of amides is 2. The van der Waals surface area contributed by atoms with Gasteiger partial charge in [0.25, 0.3) is 0 Å². The highest BCUT2D eigenvalue weighted by Crippen LogP contribution is 2.29. The molecule has 0 aliphatic heterocycles. The zero-order valence-corrected chi connectivity index (χ0v) is 17.8. The van der Waals surface area contributed by atoms with Gasteiger partial charge in [-0.25, -0.2) is 9.18 Å². The van der Waals surface area contributed by atoms with Crippen LogP contribution in [0.2, 0.25) is 0 Å². The van der Waals surface area contributed by atoms with Gasteiger partial charge in [0.15, 0.2) is 0 Å². The van der Waals surface area contributed by atoms with E-state index >= 15 is 0 Å². The van der Waals surface area contributed by atoms with Crippen molar-refractivity contribution in [2.45, 2.75) is 25.9 Å². The molecule has 0 saturated heterocycles. The van der Waals surface area contributed by atoms with Gasteiger partial charge in [0.05, 0.1) is 18.3 Å². The highest BCUT2D eigenvalue weighted by Gasteiger charge is 2.16.